The summed E-state index contributed by atoms with van der Waals surface area (Å²) in [6.45, 7) is 8.63. The molecular formula is C15H31NO3Si. The van der Waals surface area contributed by atoms with E-state index in [-0.39, 0.29) is 0 Å². The second-order valence-electron chi connectivity index (χ2n) is 5.04. The van der Waals surface area contributed by atoms with Crippen molar-refractivity contribution in [1.29, 1.82) is 0 Å². The predicted molar refractivity (Wildman–Crippen MR) is 84.4 cm³/mol. The van der Waals surface area contributed by atoms with E-state index in [2.05, 4.69) is 0 Å². The first-order chi connectivity index (χ1) is 9.74. The molecule has 2 N–H and O–H groups in total. The third kappa shape index (κ3) is 4.67. The van der Waals surface area contributed by atoms with Gasteiger partial charge in [-0.15, -0.1) is 0 Å². The highest BCUT2D eigenvalue weighted by molar-refractivity contribution is 6.69. The van der Waals surface area contributed by atoms with Gasteiger partial charge in [-0.05, 0) is 71.0 Å². The molecule has 20 heavy (non-hydrogen) atoms. The molecule has 4 nitrogen and oxygen atoms in total. The molecule has 0 aromatic rings. The molecule has 0 aromatic heterocycles. The Balaban J connectivity index is 3.09. The Morgan fingerprint density at radius 1 is 1.00 bits per heavy atom. The molecule has 1 saturated carbocycles. The number of allylic oxidation sites excluding steroid dienone is 2. The van der Waals surface area contributed by atoms with E-state index < -0.39 is 8.80 Å². The van der Waals surface area contributed by atoms with E-state index in [0.717, 1.165) is 12.8 Å². The molecule has 0 aromatic carbocycles. The van der Waals surface area contributed by atoms with Gasteiger partial charge in [0.05, 0.1) is 0 Å². The molecule has 0 unspecified atom stereocenters. The van der Waals surface area contributed by atoms with Crippen molar-refractivity contribution in [2.45, 2.75) is 59.3 Å². The molecule has 0 bridgehead atoms. The van der Waals surface area contributed by atoms with Crippen LogP contribution >= 0.6 is 0 Å². The SMILES string of the molecule is CCO[Si](OCC)(OCC)C(CCCN)=C1CCCC1. The van der Waals surface area contributed by atoms with Gasteiger partial charge in [-0.1, -0.05) is 5.57 Å². The minimum Gasteiger partial charge on any atom is -0.370 e. The zero-order chi connectivity index (χ0) is 14.8. The fraction of sp³-hybridized carbons (Fsp3) is 0.867. The van der Waals surface area contributed by atoms with E-state index in [9.17, 15) is 0 Å². The maximum absolute atomic E-state index is 6.08. The van der Waals surface area contributed by atoms with Gasteiger partial charge in [-0.25, -0.2) is 0 Å². The van der Waals surface area contributed by atoms with Gasteiger partial charge in [0.25, 0.3) is 0 Å². The molecule has 1 aliphatic carbocycles. The summed E-state index contributed by atoms with van der Waals surface area (Å²) < 4.78 is 18.2. The summed E-state index contributed by atoms with van der Waals surface area (Å²) in [6, 6.07) is 0. The monoisotopic (exact) mass is 301 g/mol. The van der Waals surface area contributed by atoms with Gasteiger partial charge in [-0.2, -0.15) is 0 Å². The molecule has 1 rings (SSSR count). The van der Waals surface area contributed by atoms with Crippen molar-refractivity contribution in [2.24, 2.45) is 5.73 Å². The normalized spacial score (nSPS) is 15.9. The van der Waals surface area contributed by atoms with Crippen LogP contribution in [0, 0.1) is 0 Å². The third-order valence-electron chi connectivity index (χ3n) is 3.64. The molecule has 0 spiro atoms. The summed E-state index contributed by atoms with van der Waals surface area (Å²) in [4.78, 5) is 0. The number of rotatable bonds is 10. The predicted octanol–water partition coefficient (Wildman–Crippen LogP) is 3.18. The Bertz CT molecular complexity index is 282. The third-order valence-corrected chi connectivity index (χ3v) is 6.99. The summed E-state index contributed by atoms with van der Waals surface area (Å²) in [5.74, 6) is 0. The van der Waals surface area contributed by atoms with Crippen molar-refractivity contribution in [3.8, 4) is 0 Å². The van der Waals surface area contributed by atoms with Crippen LogP contribution in [0.4, 0.5) is 0 Å². The van der Waals surface area contributed by atoms with E-state index in [1.807, 2.05) is 20.8 Å². The zero-order valence-electron chi connectivity index (χ0n) is 13.4. The maximum atomic E-state index is 6.08. The van der Waals surface area contributed by atoms with Crippen molar-refractivity contribution in [3.63, 3.8) is 0 Å². The molecule has 118 valence electrons. The van der Waals surface area contributed by atoms with Crippen LogP contribution in [0.2, 0.25) is 0 Å². The number of hydrogen-bond acceptors (Lipinski definition) is 4. The van der Waals surface area contributed by atoms with Crippen LogP contribution in [0.15, 0.2) is 10.8 Å². The summed E-state index contributed by atoms with van der Waals surface area (Å²) in [7, 11) is -2.70. The lowest BCUT2D eigenvalue weighted by atomic mass is 10.1. The average molecular weight is 302 g/mol. The van der Waals surface area contributed by atoms with Crippen molar-refractivity contribution in [2.75, 3.05) is 26.4 Å². The number of hydrogen-bond donors (Lipinski definition) is 1. The zero-order valence-corrected chi connectivity index (χ0v) is 14.4. The van der Waals surface area contributed by atoms with Crippen LogP contribution in [-0.2, 0) is 13.3 Å². The van der Waals surface area contributed by atoms with Crippen LogP contribution < -0.4 is 5.73 Å². The fourth-order valence-corrected chi connectivity index (χ4v) is 5.96. The smallest absolute Gasteiger partial charge is 0.370 e. The average Bonchev–Trinajstić information content (AvgIpc) is 2.94. The lowest BCUT2D eigenvalue weighted by molar-refractivity contribution is 0.0793. The summed E-state index contributed by atoms with van der Waals surface area (Å²) >= 11 is 0. The molecule has 0 amide bonds. The Kier molecular flexibility index (Phi) is 8.64. The quantitative estimate of drug-likeness (QED) is 0.630. The van der Waals surface area contributed by atoms with E-state index in [1.54, 1.807) is 0 Å². The minimum absolute atomic E-state index is 0.631. The van der Waals surface area contributed by atoms with Crippen LogP contribution in [0.1, 0.15) is 59.3 Å². The van der Waals surface area contributed by atoms with E-state index in [1.165, 1.54) is 36.5 Å². The van der Waals surface area contributed by atoms with Gasteiger partial charge < -0.3 is 19.0 Å². The van der Waals surface area contributed by atoms with Crippen LogP contribution in [-0.4, -0.2) is 35.2 Å². The van der Waals surface area contributed by atoms with Gasteiger partial charge in [0, 0.05) is 19.8 Å². The lowest BCUT2D eigenvalue weighted by Gasteiger charge is -2.32. The minimum atomic E-state index is -2.70. The van der Waals surface area contributed by atoms with E-state index in [0.29, 0.717) is 26.4 Å². The highest BCUT2D eigenvalue weighted by Crippen LogP contribution is 2.35. The Hall–Kier alpha value is -0.203. The largest absolute Gasteiger partial charge is 0.532 e. The summed E-state index contributed by atoms with van der Waals surface area (Å²) in [6.07, 6.45) is 6.81. The molecular weight excluding hydrogens is 270 g/mol. The molecule has 0 radical (unpaired) electrons. The Labute approximate surface area is 125 Å². The molecule has 0 atom stereocenters. The van der Waals surface area contributed by atoms with E-state index in [4.69, 9.17) is 19.0 Å². The van der Waals surface area contributed by atoms with Gasteiger partial charge in [0.15, 0.2) is 0 Å². The maximum Gasteiger partial charge on any atom is 0.532 e. The van der Waals surface area contributed by atoms with Gasteiger partial charge in [0.2, 0.25) is 0 Å². The molecule has 1 fully saturated rings. The van der Waals surface area contributed by atoms with Gasteiger partial charge in [-0.3, -0.25) is 0 Å². The topological polar surface area (TPSA) is 53.7 Å². The second kappa shape index (κ2) is 9.68. The summed E-state index contributed by atoms with van der Waals surface area (Å²) in [5.41, 5.74) is 7.23. The van der Waals surface area contributed by atoms with Crippen molar-refractivity contribution >= 4 is 8.80 Å². The van der Waals surface area contributed by atoms with Crippen LogP contribution in [0.25, 0.3) is 0 Å². The molecule has 0 aliphatic heterocycles. The Morgan fingerprint density at radius 3 is 1.90 bits per heavy atom. The molecule has 1 aliphatic rings. The Morgan fingerprint density at radius 2 is 1.50 bits per heavy atom. The molecule has 5 heteroatoms. The first-order valence-corrected chi connectivity index (χ1v) is 9.79. The standard InChI is InChI=1S/C15H31NO3Si/c1-4-17-20(18-5-2,19-6-3)15(12-9-13-16)14-10-7-8-11-14/h4-13,16H2,1-3H3. The number of nitrogens with two attached hydrogens (primary N) is 1. The van der Waals surface area contributed by atoms with Crippen LogP contribution in [0.3, 0.4) is 0 Å². The first kappa shape index (κ1) is 17.8. The first-order valence-electron chi connectivity index (χ1n) is 8.07. The van der Waals surface area contributed by atoms with Crippen LogP contribution in [0.5, 0.6) is 0 Å². The highest BCUT2D eigenvalue weighted by atomic mass is 28.4. The molecule has 0 saturated heterocycles. The fourth-order valence-electron chi connectivity index (χ4n) is 2.89. The van der Waals surface area contributed by atoms with Crippen molar-refractivity contribution in [3.05, 3.63) is 10.8 Å². The second-order valence-corrected chi connectivity index (χ2v) is 7.62. The van der Waals surface area contributed by atoms with Crippen molar-refractivity contribution < 1.29 is 13.3 Å². The highest BCUT2D eigenvalue weighted by Gasteiger charge is 2.46. The van der Waals surface area contributed by atoms with Crippen molar-refractivity contribution in [1.82, 2.24) is 0 Å². The van der Waals surface area contributed by atoms with E-state index >= 15 is 0 Å². The summed E-state index contributed by atoms with van der Waals surface area (Å²) in [5, 5.41) is 1.33. The van der Waals surface area contributed by atoms with Gasteiger partial charge >= 0.3 is 8.80 Å². The van der Waals surface area contributed by atoms with Gasteiger partial charge in [0.1, 0.15) is 0 Å². The lowest BCUT2D eigenvalue weighted by Crippen LogP contribution is -2.49. The molecule has 0 heterocycles.